The van der Waals surface area contributed by atoms with Crippen LogP contribution >= 0.6 is 0 Å². The fourth-order valence-electron chi connectivity index (χ4n) is 6.24. The second kappa shape index (κ2) is 8.45. The van der Waals surface area contributed by atoms with Crippen LogP contribution in [0.4, 0.5) is 0 Å². The third kappa shape index (κ3) is 4.03. The molecular weight excluding hydrogens is 356 g/mol. The van der Waals surface area contributed by atoms with Crippen LogP contribution < -0.4 is 0 Å². The maximum atomic E-state index is 11.4. The highest BCUT2D eigenvalue weighted by Gasteiger charge is 2.57. The predicted molar refractivity (Wildman–Crippen MR) is 108 cm³/mol. The third-order valence-electron chi connectivity index (χ3n) is 8.22. The molecule has 3 aliphatic rings. The van der Waals surface area contributed by atoms with E-state index in [1.165, 1.54) is 12.5 Å². The minimum Gasteiger partial charge on any atom is -0.461 e. The first-order valence-corrected chi connectivity index (χ1v) is 10.9. The summed E-state index contributed by atoms with van der Waals surface area (Å²) in [5, 5.41) is 11.0. The largest absolute Gasteiger partial charge is 0.461 e. The Morgan fingerprint density at radius 1 is 1.39 bits per heavy atom. The number of fused-ring (bicyclic) bond motifs is 1. The van der Waals surface area contributed by atoms with Gasteiger partial charge in [-0.05, 0) is 66.3 Å². The Morgan fingerprint density at radius 2 is 2.14 bits per heavy atom. The summed E-state index contributed by atoms with van der Waals surface area (Å²) in [6.45, 7) is 9.45. The quantitative estimate of drug-likeness (QED) is 0.543. The van der Waals surface area contributed by atoms with Crippen LogP contribution in [-0.2, 0) is 19.0 Å². The van der Waals surface area contributed by atoms with E-state index in [2.05, 4.69) is 26.8 Å². The van der Waals surface area contributed by atoms with E-state index in [0.29, 0.717) is 18.4 Å². The van der Waals surface area contributed by atoms with Gasteiger partial charge in [0.15, 0.2) is 6.29 Å². The molecule has 1 saturated heterocycles. The Hall–Kier alpha value is -0.910. The normalized spacial score (nSPS) is 43.4. The molecule has 0 radical (unpaired) electrons. The maximum absolute atomic E-state index is 11.4. The first-order chi connectivity index (χ1) is 13.2. The van der Waals surface area contributed by atoms with Gasteiger partial charge < -0.3 is 19.3 Å². The Balaban J connectivity index is 1.78. The average Bonchev–Trinajstić information content (AvgIpc) is 3.11. The Labute approximate surface area is 169 Å². The van der Waals surface area contributed by atoms with E-state index in [9.17, 15) is 9.90 Å². The van der Waals surface area contributed by atoms with Crippen molar-refractivity contribution in [1.29, 1.82) is 0 Å². The van der Waals surface area contributed by atoms with Gasteiger partial charge in [0.25, 0.3) is 0 Å². The Morgan fingerprint density at radius 3 is 2.79 bits per heavy atom. The van der Waals surface area contributed by atoms with Gasteiger partial charge in [-0.2, -0.15) is 0 Å². The molecule has 1 saturated carbocycles. The summed E-state index contributed by atoms with van der Waals surface area (Å²) < 4.78 is 16.4. The zero-order valence-corrected chi connectivity index (χ0v) is 18.2. The van der Waals surface area contributed by atoms with Gasteiger partial charge in [-0.15, -0.1) is 0 Å². The number of methoxy groups -OCH3 is 1. The number of allylic oxidation sites excluding steroid dienone is 1. The predicted octanol–water partition coefficient (Wildman–Crippen LogP) is 4.09. The fraction of sp³-hybridized carbons (Fsp3) is 0.870. The second-order valence-corrected chi connectivity index (χ2v) is 9.76. The maximum Gasteiger partial charge on any atom is 0.302 e. The van der Waals surface area contributed by atoms with Gasteiger partial charge in [-0.1, -0.05) is 26.8 Å². The molecule has 0 amide bonds. The van der Waals surface area contributed by atoms with Crippen LogP contribution in [0, 0.1) is 28.6 Å². The lowest BCUT2D eigenvalue weighted by Crippen LogP contribution is -2.55. The summed E-state index contributed by atoms with van der Waals surface area (Å²) in [5.74, 6) is 1.01. The van der Waals surface area contributed by atoms with E-state index in [1.54, 1.807) is 7.11 Å². The molecule has 2 aliphatic carbocycles. The third-order valence-corrected chi connectivity index (χ3v) is 8.22. The molecule has 0 aromatic heterocycles. The molecule has 5 heteroatoms. The number of carbonyl (C=O) groups is 1. The van der Waals surface area contributed by atoms with Gasteiger partial charge in [0.2, 0.25) is 0 Å². The molecule has 7 unspecified atom stereocenters. The van der Waals surface area contributed by atoms with Gasteiger partial charge in [-0.3, -0.25) is 4.79 Å². The summed E-state index contributed by atoms with van der Waals surface area (Å²) in [7, 11) is 1.71. The number of ether oxygens (including phenoxy) is 3. The molecule has 1 aliphatic heterocycles. The highest BCUT2D eigenvalue weighted by atomic mass is 16.7. The summed E-state index contributed by atoms with van der Waals surface area (Å²) in [6, 6.07) is 0. The molecule has 0 bridgehead atoms. The minimum atomic E-state index is -0.336. The molecule has 2 fully saturated rings. The number of esters is 1. The first-order valence-electron chi connectivity index (χ1n) is 10.9. The second-order valence-electron chi connectivity index (χ2n) is 9.76. The molecule has 1 heterocycles. The standard InChI is InChI=1S/C23H38O5/c1-15-19(25)12-23(4)18(14-27-16(2)24)7-6-8-20(23)22(15,3)10-9-17-11-21(26-5)28-13-17/h7,15,17,19-21,25H,6,8-14H2,1-5H3. The smallest absolute Gasteiger partial charge is 0.302 e. The van der Waals surface area contributed by atoms with E-state index in [0.717, 1.165) is 45.1 Å². The molecule has 160 valence electrons. The number of aliphatic hydroxyl groups is 1. The molecule has 28 heavy (non-hydrogen) atoms. The summed E-state index contributed by atoms with van der Waals surface area (Å²) in [4.78, 5) is 11.4. The minimum absolute atomic E-state index is 0.0489. The topological polar surface area (TPSA) is 65.0 Å². The van der Waals surface area contributed by atoms with Gasteiger partial charge >= 0.3 is 5.97 Å². The van der Waals surface area contributed by atoms with E-state index in [4.69, 9.17) is 14.2 Å². The number of carbonyl (C=O) groups excluding carboxylic acids is 1. The van der Waals surface area contributed by atoms with E-state index < -0.39 is 0 Å². The summed E-state index contributed by atoms with van der Waals surface area (Å²) in [5.41, 5.74) is 1.13. The molecule has 0 spiro atoms. The van der Waals surface area contributed by atoms with Crippen molar-refractivity contribution in [3.63, 3.8) is 0 Å². The van der Waals surface area contributed by atoms with Gasteiger partial charge in [0.1, 0.15) is 6.61 Å². The molecular formula is C23H38O5. The lowest BCUT2D eigenvalue weighted by Gasteiger charge is -2.59. The van der Waals surface area contributed by atoms with Crippen molar-refractivity contribution in [2.75, 3.05) is 20.3 Å². The van der Waals surface area contributed by atoms with Crippen LogP contribution in [0.3, 0.4) is 0 Å². The first kappa shape index (κ1) is 21.8. The van der Waals surface area contributed by atoms with Crippen molar-refractivity contribution < 1.29 is 24.1 Å². The average molecular weight is 395 g/mol. The number of aliphatic hydroxyl groups excluding tert-OH is 1. The molecule has 7 atom stereocenters. The van der Waals surface area contributed by atoms with Crippen LogP contribution in [0.1, 0.15) is 66.2 Å². The van der Waals surface area contributed by atoms with Crippen molar-refractivity contribution in [2.45, 2.75) is 78.6 Å². The highest BCUT2D eigenvalue weighted by Crippen LogP contribution is 2.62. The Kier molecular flexibility index (Phi) is 6.58. The molecule has 0 aromatic rings. The molecule has 3 rings (SSSR count). The van der Waals surface area contributed by atoms with Crippen molar-refractivity contribution >= 4 is 5.97 Å². The zero-order chi connectivity index (χ0) is 20.5. The van der Waals surface area contributed by atoms with E-state index in [1.807, 2.05) is 0 Å². The zero-order valence-electron chi connectivity index (χ0n) is 18.2. The SMILES string of the molecule is COC1CC(CCC2(C)C(C)C(O)CC3(C)C(COC(C)=O)=CCCC32)CO1. The van der Waals surface area contributed by atoms with Crippen molar-refractivity contribution in [3.05, 3.63) is 11.6 Å². The van der Waals surface area contributed by atoms with Crippen molar-refractivity contribution in [3.8, 4) is 0 Å². The Bertz CT molecular complexity index is 602. The van der Waals surface area contributed by atoms with Crippen LogP contribution in [0.5, 0.6) is 0 Å². The molecule has 5 nitrogen and oxygen atoms in total. The van der Waals surface area contributed by atoms with E-state index in [-0.39, 0.29) is 35.1 Å². The number of hydrogen-bond acceptors (Lipinski definition) is 5. The lowest BCUT2D eigenvalue weighted by atomic mass is 9.46. The van der Waals surface area contributed by atoms with Crippen LogP contribution in [-0.4, -0.2) is 43.8 Å². The fourth-order valence-corrected chi connectivity index (χ4v) is 6.24. The van der Waals surface area contributed by atoms with Crippen LogP contribution in [0.15, 0.2) is 11.6 Å². The van der Waals surface area contributed by atoms with Gasteiger partial charge in [-0.25, -0.2) is 0 Å². The summed E-state index contributed by atoms with van der Waals surface area (Å²) in [6.07, 6.45) is 7.89. The van der Waals surface area contributed by atoms with Crippen LogP contribution in [0.25, 0.3) is 0 Å². The molecule has 1 N–H and O–H groups in total. The monoisotopic (exact) mass is 394 g/mol. The lowest BCUT2D eigenvalue weighted by molar-refractivity contribution is -0.142. The number of hydrogen-bond donors (Lipinski definition) is 1. The number of rotatable bonds is 6. The van der Waals surface area contributed by atoms with Gasteiger partial charge in [0.05, 0.1) is 12.7 Å². The van der Waals surface area contributed by atoms with Crippen LogP contribution in [0.2, 0.25) is 0 Å². The van der Waals surface area contributed by atoms with Gasteiger partial charge in [0, 0.05) is 20.5 Å². The molecule has 0 aromatic carbocycles. The highest BCUT2D eigenvalue weighted by molar-refractivity contribution is 5.66. The van der Waals surface area contributed by atoms with Crippen molar-refractivity contribution in [1.82, 2.24) is 0 Å². The van der Waals surface area contributed by atoms with E-state index >= 15 is 0 Å². The summed E-state index contributed by atoms with van der Waals surface area (Å²) >= 11 is 0. The van der Waals surface area contributed by atoms with Crippen molar-refractivity contribution in [2.24, 2.45) is 28.6 Å².